The van der Waals surface area contributed by atoms with Gasteiger partial charge in [-0.3, -0.25) is 4.79 Å². The number of halogens is 1. The van der Waals surface area contributed by atoms with Gasteiger partial charge in [-0.2, -0.15) is 4.53 Å². The molecule has 1 aromatic carbocycles. The van der Waals surface area contributed by atoms with Crippen LogP contribution in [-0.4, -0.2) is 10.9 Å². The standard InChI is InChI=1S/C8H8ClN2O/c9-11(7-12)10-6-8-4-2-1-3-5-8/h1-5,10H,6H2. The van der Waals surface area contributed by atoms with Gasteiger partial charge >= 0.3 is 6.41 Å². The summed E-state index contributed by atoms with van der Waals surface area (Å²) in [6.45, 7) is 0.513. The van der Waals surface area contributed by atoms with Gasteiger partial charge < -0.3 is 0 Å². The molecule has 0 spiro atoms. The van der Waals surface area contributed by atoms with Gasteiger partial charge in [-0.05, 0) is 5.56 Å². The molecule has 1 N–H and O–H groups in total. The fourth-order valence-electron chi connectivity index (χ4n) is 0.789. The number of carbonyl (C=O) groups excluding carboxylic acids is 1. The van der Waals surface area contributed by atoms with E-state index in [4.69, 9.17) is 11.8 Å². The van der Waals surface area contributed by atoms with Crippen LogP contribution in [0, 0.1) is 0 Å². The number of nitrogens with zero attached hydrogens (tertiary/aromatic N) is 1. The normalized spacial score (nSPS) is 9.42. The van der Waals surface area contributed by atoms with Crippen LogP contribution in [0.5, 0.6) is 0 Å². The summed E-state index contributed by atoms with van der Waals surface area (Å²) in [5, 5.41) is 0. The first-order valence-electron chi connectivity index (χ1n) is 3.44. The van der Waals surface area contributed by atoms with E-state index in [1.165, 1.54) is 6.41 Å². The monoisotopic (exact) mass is 183 g/mol. The van der Waals surface area contributed by atoms with E-state index in [0.29, 0.717) is 6.54 Å². The highest BCUT2D eigenvalue weighted by atomic mass is 35.5. The summed E-state index contributed by atoms with van der Waals surface area (Å²) in [5.41, 5.74) is 3.68. The average Bonchev–Trinajstić information content (AvgIpc) is 2.16. The highest BCUT2D eigenvalue weighted by molar-refractivity contribution is 6.17. The Hall–Kier alpha value is -1.06. The minimum absolute atomic E-state index is 0.513. The summed E-state index contributed by atoms with van der Waals surface area (Å²) in [5.74, 6) is 0. The van der Waals surface area contributed by atoms with Crippen molar-refractivity contribution in [3.63, 3.8) is 0 Å². The van der Waals surface area contributed by atoms with E-state index in [9.17, 15) is 4.79 Å². The van der Waals surface area contributed by atoms with E-state index in [2.05, 4.69) is 5.43 Å². The predicted molar refractivity (Wildman–Crippen MR) is 46.7 cm³/mol. The molecular weight excluding hydrogens is 176 g/mol. The SMILES string of the molecule is O=[C]N(Cl)NCc1ccccc1. The zero-order valence-electron chi connectivity index (χ0n) is 6.33. The molecule has 12 heavy (non-hydrogen) atoms. The molecule has 0 aliphatic carbocycles. The van der Waals surface area contributed by atoms with Crippen LogP contribution in [-0.2, 0) is 11.3 Å². The van der Waals surface area contributed by atoms with Crippen molar-refractivity contribution in [1.29, 1.82) is 0 Å². The predicted octanol–water partition coefficient (Wildman–Crippen LogP) is 1.21. The smallest absolute Gasteiger partial charge is 0.260 e. The van der Waals surface area contributed by atoms with E-state index < -0.39 is 0 Å². The molecule has 0 fully saturated rings. The molecule has 4 heteroatoms. The maximum Gasteiger partial charge on any atom is 0.343 e. The van der Waals surface area contributed by atoms with Gasteiger partial charge in [0.05, 0.1) is 0 Å². The minimum Gasteiger partial charge on any atom is -0.260 e. The van der Waals surface area contributed by atoms with Crippen molar-refractivity contribution in [1.82, 2.24) is 9.95 Å². The van der Waals surface area contributed by atoms with Crippen LogP contribution in [0.1, 0.15) is 5.56 Å². The van der Waals surface area contributed by atoms with Crippen LogP contribution in [0.25, 0.3) is 0 Å². The largest absolute Gasteiger partial charge is 0.343 e. The van der Waals surface area contributed by atoms with Crippen molar-refractivity contribution < 1.29 is 4.79 Å². The highest BCUT2D eigenvalue weighted by Gasteiger charge is 1.95. The fourth-order valence-corrected chi connectivity index (χ4v) is 0.849. The van der Waals surface area contributed by atoms with E-state index in [-0.39, 0.29) is 0 Å². The first kappa shape index (κ1) is 9.03. The van der Waals surface area contributed by atoms with Crippen molar-refractivity contribution in [2.45, 2.75) is 6.54 Å². The van der Waals surface area contributed by atoms with E-state index in [0.717, 1.165) is 10.1 Å². The third-order valence-corrected chi connectivity index (χ3v) is 1.53. The third kappa shape index (κ3) is 2.90. The summed E-state index contributed by atoms with van der Waals surface area (Å²) in [7, 11) is 0. The third-order valence-electron chi connectivity index (χ3n) is 1.34. The molecule has 1 rings (SSSR count). The number of rotatable bonds is 4. The number of hydrogen-bond acceptors (Lipinski definition) is 2. The lowest BCUT2D eigenvalue weighted by atomic mass is 10.2. The second-order valence-corrected chi connectivity index (χ2v) is 2.53. The lowest BCUT2D eigenvalue weighted by Gasteiger charge is -2.07. The number of benzene rings is 1. The van der Waals surface area contributed by atoms with Gasteiger partial charge in [0.2, 0.25) is 0 Å². The van der Waals surface area contributed by atoms with E-state index in [1.54, 1.807) is 0 Å². The number of hydrazine groups is 1. The summed E-state index contributed by atoms with van der Waals surface area (Å²) in [6.07, 6.45) is 1.47. The Morgan fingerprint density at radius 3 is 2.67 bits per heavy atom. The molecule has 0 aromatic heterocycles. The lowest BCUT2D eigenvalue weighted by molar-refractivity contribution is 0.422. The Kier molecular flexibility index (Phi) is 3.57. The summed E-state index contributed by atoms with van der Waals surface area (Å²) < 4.78 is 0.743. The number of hydrogen-bond donors (Lipinski definition) is 1. The summed E-state index contributed by atoms with van der Waals surface area (Å²) in [6, 6.07) is 9.62. The van der Waals surface area contributed by atoms with Crippen LogP contribution in [0.15, 0.2) is 30.3 Å². The molecule has 0 heterocycles. The van der Waals surface area contributed by atoms with Gasteiger partial charge in [-0.25, -0.2) is 5.43 Å². The van der Waals surface area contributed by atoms with Crippen molar-refractivity contribution in [2.24, 2.45) is 0 Å². The zero-order valence-corrected chi connectivity index (χ0v) is 7.08. The van der Waals surface area contributed by atoms with Gasteiger partial charge in [0.25, 0.3) is 0 Å². The second kappa shape index (κ2) is 4.74. The highest BCUT2D eigenvalue weighted by Crippen LogP contribution is 1.97. The molecular formula is C8H8ClN2O. The minimum atomic E-state index is 0.513. The van der Waals surface area contributed by atoms with Crippen LogP contribution in [0.3, 0.4) is 0 Å². The van der Waals surface area contributed by atoms with Gasteiger partial charge in [-0.15, -0.1) is 0 Å². The van der Waals surface area contributed by atoms with Crippen molar-refractivity contribution >= 4 is 18.2 Å². The van der Waals surface area contributed by atoms with Crippen molar-refractivity contribution in [2.75, 3.05) is 0 Å². The maximum absolute atomic E-state index is 9.93. The van der Waals surface area contributed by atoms with E-state index in [1.807, 2.05) is 30.3 Å². The van der Waals surface area contributed by atoms with Crippen LogP contribution in [0.4, 0.5) is 0 Å². The van der Waals surface area contributed by atoms with Crippen molar-refractivity contribution in [3.05, 3.63) is 35.9 Å². The molecule has 0 bridgehead atoms. The number of nitrogens with one attached hydrogen (secondary N) is 1. The molecule has 0 saturated heterocycles. The molecule has 0 aliphatic rings. The first-order valence-corrected chi connectivity index (χ1v) is 3.78. The molecule has 1 aromatic rings. The van der Waals surface area contributed by atoms with Gasteiger partial charge in [0.1, 0.15) is 0 Å². The fraction of sp³-hybridized carbons (Fsp3) is 0.125. The molecule has 3 nitrogen and oxygen atoms in total. The maximum atomic E-state index is 9.93. The van der Waals surface area contributed by atoms with Crippen LogP contribution < -0.4 is 5.43 Å². The Bertz CT molecular complexity index is 240. The summed E-state index contributed by atoms with van der Waals surface area (Å²) in [4.78, 5) is 9.93. The zero-order chi connectivity index (χ0) is 8.81. The molecule has 63 valence electrons. The molecule has 0 aliphatic heterocycles. The lowest BCUT2D eigenvalue weighted by Crippen LogP contribution is -2.27. The van der Waals surface area contributed by atoms with E-state index >= 15 is 0 Å². The molecule has 0 saturated carbocycles. The second-order valence-electron chi connectivity index (χ2n) is 2.19. The summed E-state index contributed by atoms with van der Waals surface area (Å²) >= 11 is 5.31. The molecule has 0 unspecified atom stereocenters. The number of amides is 1. The Balaban J connectivity index is 2.38. The van der Waals surface area contributed by atoms with Crippen LogP contribution >= 0.6 is 11.8 Å². The molecule has 0 atom stereocenters. The molecule has 1 radical (unpaired) electrons. The average molecular weight is 184 g/mol. The molecule has 1 amide bonds. The Labute approximate surface area is 76.0 Å². The first-order chi connectivity index (χ1) is 5.83. The van der Waals surface area contributed by atoms with Crippen molar-refractivity contribution in [3.8, 4) is 0 Å². The Morgan fingerprint density at radius 2 is 2.08 bits per heavy atom. The van der Waals surface area contributed by atoms with Gasteiger partial charge in [0, 0.05) is 18.3 Å². The van der Waals surface area contributed by atoms with Gasteiger partial charge in [-0.1, -0.05) is 30.3 Å². The van der Waals surface area contributed by atoms with Crippen LogP contribution in [0.2, 0.25) is 0 Å². The van der Waals surface area contributed by atoms with Gasteiger partial charge in [0.15, 0.2) is 0 Å². The Morgan fingerprint density at radius 1 is 1.42 bits per heavy atom. The quantitative estimate of drug-likeness (QED) is 0.433. The topological polar surface area (TPSA) is 32.3 Å².